The second-order valence-electron chi connectivity index (χ2n) is 9.28. The molecular formula is C24H36N4O5. The van der Waals surface area contributed by atoms with Gasteiger partial charge in [-0.3, -0.25) is 14.4 Å². The second-order valence-corrected chi connectivity index (χ2v) is 9.28. The van der Waals surface area contributed by atoms with Crippen LogP contribution in [0.15, 0.2) is 30.3 Å². The Bertz CT molecular complexity index is 816. The molecule has 2 atom stereocenters. The molecule has 0 bridgehead atoms. The largest absolute Gasteiger partial charge is 0.444 e. The van der Waals surface area contributed by atoms with Crippen LogP contribution in [0.2, 0.25) is 0 Å². The molecule has 4 amide bonds. The summed E-state index contributed by atoms with van der Waals surface area (Å²) in [6.45, 7) is 7.87. The SMILES string of the molecule is C[C@H](NC(=O)[C@H](Cc1ccccc1)NC(=O)CNC(=O)OC(C)(C)C)C(=O)N1CCCCC1. The van der Waals surface area contributed by atoms with Crippen molar-refractivity contribution < 1.29 is 23.9 Å². The number of piperidine rings is 1. The van der Waals surface area contributed by atoms with Crippen LogP contribution in [-0.2, 0) is 25.5 Å². The third-order valence-electron chi connectivity index (χ3n) is 5.12. The van der Waals surface area contributed by atoms with Crippen molar-refractivity contribution in [3.63, 3.8) is 0 Å². The zero-order chi connectivity index (χ0) is 24.4. The molecule has 1 heterocycles. The summed E-state index contributed by atoms with van der Waals surface area (Å²) >= 11 is 0. The van der Waals surface area contributed by atoms with Crippen LogP contribution in [0.25, 0.3) is 0 Å². The number of carbonyl (C=O) groups is 4. The van der Waals surface area contributed by atoms with Gasteiger partial charge in [0.15, 0.2) is 0 Å². The topological polar surface area (TPSA) is 117 Å². The number of hydrogen-bond donors (Lipinski definition) is 3. The van der Waals surface area contributed by atoms with E-state index in [-0.39, 0.29) is 18.9 Å². The molecule has 9 heteroatoms. The molecule has 0 saturated carbocycles. The van der Waals surface area contributed by atoms with Gasteiger partial charge in [0, 0.05) is 19.5 Å². The van der Waals surface area contributed by atoms with Crippen LogP contribution in [0, 0.1) is 0 Å². The molecule has 0 unspecified atom stereocenters. The molecule has 1 aliphatic heterocycles. The summed E-state index contributed by atoms with van der Waals surface area (Å²) in [5.41, 5.74) is 0.168. The monoisotopic (exact) mass is 460 g/mol. The van der Waals surface area contributed by atoms with E-state index in [4.69, 9.17) is 4.74 Å². The van der Waals surface area contributed by atoms with Gasteiger partial charge < -0.3 is 25.6 Å². The third kappa shape index (κ3) is 9.51. The first-order valence-electron chi connectivity index (χ1n) is 11.4. The number of hydrogen-bond acceptors (Lipinski definition) is 5. The van der Waals surface area contributed by atoms with Crippen LogP contribution in [0.3, 0.4) is 0 Å². The maximum atomic E-state index is 13.0. The maximum absolute atomic E-state index is 13.0. The van der Waals surface area contributed by atoms with Gasteiger partial charge in [0.2, 0.25) is 17.7 Å². The van der Waals surface area contributed by atoms with Gasteiger partial charge in [0.1, 0.15) is 24.2 Å². The zero-order valence-electron chi connectivity index (χ0n) is 20.0. The highest BCUT2D eigenvalue weighted by atomic mass is 16.6. The lowest BCUT2D eigenvalue weighted by Gasteiger charge is -2.30. The van der Waals surface area contributed by atoms with Crippen LogP contribution in [0.4, 0.5) is 4.79 Å². The number of nitrogens with zero attached hydrogens (tertiary/aromatic N) is 1. The third-order valence-corrected chi connectivity index (χ3v) is 5.12. The summed E-state index contributed by atoms with van der Waals surface area (Å²) in [7, 11) is 0. The quantitative estimate of drug-likeness (QED) is 0.547. The summed E-state index contributed by atoms with van der Waals surface area (Å²) in [6.07, 6.45) is 2.55. The van der Waals surface area contributed by atoms with Crippen molar-refractivity contribution in [1.82, 2.24) is 20.9 Å². The summed E-state index contributed by atoms with van der Waals surface area (Å²) < 4.78 is 5.12. The standard InChI is InChI=1S/C24H36N4O5/c1-17(22(31)28-13-9-6-10-14-28)26-21(30)19(15-18-11-7-5-8-12-18)27-20(29)16-25-23(32)33-24(2,3)4/h5,7-8,11-12,17,19H,6,9-10,13-16H2,1-4H3,(H,25,32)(H,26,30)(H,27,29)/t17-,19-/m0/s1. The van der Waals surface area contributed by atoms with E-state index in [1.807, 2.05) is 30.3 Å². The van der Waals surface area contributed by atoms with E-state index < -0.39 is 35.6 Å². The van der Waals surface area contributed by atoms with Crippen molar-refractivity contribution in [2.45, 2.75) is 71.1 Å². The number of amides is 4. The molecule has 1 aromatic rings. The maximum Gasteiger partial charge on any atom is 0.408 e. The summed E-state index contributed by atoms with van der Waals surface area (Å²) in [5, 5.41) is 7.79. The number of benzene rings is 1. The van der Waals surface area contributed by atoms with Crippen molar-refractivity contribution in [2.75, 3.05) is 19.6 Å². The molecule has 2 rings (SSSR count). The Balaban J connectivity index is 1.98. The van der Waals surface area contributed by atoms with E-state index in [0.29, 0.717) is 13.1 Å². The number of carbonyl (C=O) groups excluding carboxylic acids is 4. The highest BCUT2D eigenvalue weighted by Crippen LogP contribution is 2.11. The molecule has 3 N–H and O–H groups in total. The Morgan fingerprint density at radius 2 is 1.64 bits per heavy atom. The van der Waals surface area contributed by atoms with Crippen LogP contribution in [-0.4, -0.2) is 66.0 Å². The molecular weight excluding hydrogens is 424 g/mol. The number of rotatable bonds is 8. The van der Waals surface area contributed by atoms with Crippen molar-refractivity contribution in [3.05, 3.63) is 35.9 Å². The average molecular weight is 461 g/mol. The molecule has 182 valence electrons. The average Bonchev–Trinajstić information content (AvgIpc) is 2.77. The van der Waals surface area contributed by atoms with Gasteiger partial charge in [-0.2, -0.15) is 0 Å². The van der Waals surface area contributed by atoms with E-state index in [0.717, 1.165) is 24.8 Å². The van der Waals surface area contributed by atoms with Gasteiger partial charge in [-0.25, -0.2) is 4.79 Å². The number of ether oxygens (including phenoxy) is 1. The first kappa shape index (κ1) is 26.2. The smallest absolute Gasteiger partial charge is 0.408 e. The fourth-order valence-corrected chi connectivity index (χ4v) is 3.53. The Labute approximate surface area is 195 Å². The molecule has 1 fully saturated rings. The molecule has 0 spiro atoms. The molecule has 1 aliphatic rings. The molecule has 9 nitrogen and oxygen atoms in total. The highest BCUT2D eigenvalue weighted by molar-refractivity contribution is 5.93. The summed E-state index contributed by atoms with van der Waals surface area (Å²) in [4.78, 5) is 51.7. The Hall–Kier alpha value is -3.10. The van der Waals surface area contributed by atoms with Gasteiger partial charge >= 0.3 is 6.09 Å². The predicted molar refractivity (Wildman–Crippen MR) is 124 cm³/mol. The Morgan fingerprint density at radius 3 is 2.24 bits per heavy atom. The predicted octanol–water partition coefficient (Wildman–Crippen LogP) is 1.76. The van der Waals surface area contributed by atoms with E-state index >= 15 is 0 Å². The van der Waals surface area contributed by atoms with E-state index in [9.17, 15) is 19.2 Å². The van der Waals surface area contributed by atoms with Crippen LogP contribution in [0.5, 0.6) is 0 Å². The van der Waals surface area contributed by atoms with Gasteiger partial charge in [-0.15, -0.1) is 0 Å². The van der Waals surface area contributed by atoms with Crippen molar-refractivity contribution in [2.24, 2.45) is 0 Å². The molecule has 33 heavy (non-hydrogen) atoms. The van der Waals surface area contributed by atoms with E-state index in [1.165, 1.54) is 0 Å². The number of alkyl carbamates (subject to hydrolysis) is 1. The Kier molecular flexibility index (Phi) is 9.69. The first-order chi connectivity index (χ1) is 15.5. The minimum absolute atomic E-state index is 0.126. The van der Waals surface area contributed by atoms with Crippen molar-refractivity contribution >= 4 is 23.8 Å². The minimum atomic E-state index is -0.906. The van der Waals surface area contributed by atoms with E-state index in [1.54, 1.807) is 32.6 Å². The molecule has 0 radical (unpaired) electrons. The molecule has 1 aromatic carbocycles. The normalized spacial score (nSPS) is 15.7. The van der Waals surface area contributed by atoms with Crippen LogP contribution < -0.4 is 16.0 Å². The summed E-state index contributed by atoms with van der Waals surface area (Å²) in [6, 6.07) is 7.66. The first-order valence-corrected chi connectivity index (χ1v) is 11.4. The molecule has 0 aromatic heterocycles. The second kappa shape index (κ2) is 12.2. The summed E-state index contributed by atoms with van der Waals surface area (Å²) in [5.74, 6) is -1.12. The van der Waals surface area contributed by atoms with Gasteiger partial charge in [-0.05, 0) is 52.5 Å². The fraction of sp³-hybridized carbons (Fsp3) is 0.583. The lowest BCUT2D eigenvalue weighted by Crippen LogP contribution is -2.55. The van der Waals surface area contributed by atoms with Crippen LogP contribution in [0.1, 0.15) is 52.5 Å². The Morgan fingerprint density at radius 1 is 1.00 bits per heavy atom. The van der Waals surface area contributed by atoms with Gasteiger partial charge in [-0.1, -0.05) is 30.3 Å². The zero-order valence-corrected chi connectivity index (χ0v) is 20.0. The molecule has 0 aliphatic carbocycles. The minimum Gasteiger partial charge on any atom is -0.444 e. The molecule has 1 saturated heterocycles. The van der Waals surface area contributed by atoms with E-state index in [2.05, 4.69) is 16.0 Å². The highest BCUT2D eigenvalue weighted by Gasteiger charge is 2.28. The van der Waals surface area contributed by atoms with Crippen molar-refractivity contribution in [3.8, 4) is 0 Å². The van der Waals surface area contributed by atoms with Gasteiger partial charge in [0.05, 0.1) is 0 Å². The number of nitrogens with one attached hydrogen (secondary N) is 3. The number of likely N-dealkylation sites (tertiary alicyclic amines) is 1. The lowest BCUT2D eigenvalue weighted by molar-refractivity contribution is -0.137. The van der Waals surface area contributed by atoms with Gasteiger partial charge in [0.25, 0.3) is 0 Å². The fourth-order valence-electron chi connectivity index (χ4n) is 3.53. The lowest BCUT2D eigenvalue weighted by atomic mass is 10.0. The van der Waals surface area contributed by atoms with Crippen molar-refractivity contribution in [1.29, 1.82) is 0 Å². The van der Waals surface area contributed by atoms with Crippen LogP contribution >= 0.6 is 0 Å².